The number of hydrogen-bond donors (Lipinski definition) is 1. The van der Waals surface area contributed by atoms with Gasteiger partial charge in [-0.05, 0) is 43.4 Å². The number of carbonyl (C=O) groups excluding carboxylic acids is 2. The van der Waals surface area contributed by atoms with Crippen LogP contribution in [0.5, 0.6) is 0 Å². The van der Waals surface area contributed by atoms with Crippen LogP contribution < -0.4 is 10.2 Å². The molecule has 7 heteroatoms. The summed E-state index contributed by atoms with van der Waals surface area (Å²) in [6, 6.07) is 5.79. The summed E-state index contributed by atoms with van der Waals surface area (Å²) in [4.78, 5) is 33.7. The molecule has 160 valence electrons. The number of carbonyl (C=O) groups is 2. The average Bonchev–Trinajstić information content (AvgIpc) is 3.20. The predicted molar refractivity (Wildman–Crippen MR) is 114 cm³/mol. The van der Waals surface area contributed by atoms with Crippen molar-refractivity contribution in [1.82, 2.24) is 15.2 Å². The first-order valence-electron chi connectivity index (χ1n) is 11.0. The molecular formula is C23H30N4O3. The van der Waals surface area contributed by atoms with E-state index in [-0.39, 0.29) is 17.7 Å². The summed E-state index contributed by atoms with van der Waals surface area (Å²) in [5.41, 5.74) is 1.57. The fourth-order valence-electron chi connectivity index (χ4n) is 4.26. The highest BCUT2D eigenvalue weighted by atomic mass is 16.3. The summed E-state index contributed by atoms with van der Waals surface area (Å²) in [7, 11) is 0. The lowest BCUT2D eigenvalue weighted by Crippen LogP contribution is -2.42. The van der Waals surface area contributed by atoms with E-state index in [0.717, 1.165) is 24.5 Å². The van der Waals surface area contributed by atoms with Crippen molar-refractivity contribution in [3.63, 3.8) is 0 Å². The minimum Gasteiger partial charge on any atom is -0.472 e. The molecule has 1 N–H and O–H groups in total. The highest BCUT2D eigenvalue weighted by Crippen LogP contribution is 2.20. The van der Waals surface area contributed by atoms with Gasteiger partial charge in [-0.2, -0.15) is 0 Å². The molecule has 0 spiro atoms. The molecule has 4 heterocycles. The molecule has 0 unspecified atom stereocenters. The van der Waals surface area contributed by atoms with E-state index >= 15 is 0 Å². The number of amides is 2. The summed E-state index contributed by atoms with van der Waals surface area (Å²) in [5, 5.41) is 3.04. The molecule has 2 aromatic heterocycles. The van der Waals surface area contributed by atoms with Crippen LogP contribution in [0.4, 0.5) is 5.82 Å². The van der Waals surface area contributed by atoms with Crippen LogP contribution in [-0.4, -0.2) is 47.9 Å². The van der Waals surface area contributed by atoms with E-state index in [0.29, 0.717) is 38.0 Å². The van der Waals surface area contributed by atoms with Gasteiger partial charge in [0.15, 0.2) is 0 Å². The Morgan fingerprint density at radius 3 is 2.43 bits per heavy atom. The maximum Gasteiger partial charge on any atom is 0.257 e. The zero-order chi connectivity index (χ0) is 20.8. The molecule has 30 heavy (non-hydrogen) atoms. The number of furan rings is 1. The first kappa shape index (κ1) is 20.4. The van der Waals surface area contributed by atoms with Crippen molar-refractivity contribution in [2.75, 3.05) is 31.1 Å². The van der Waals surface area contributed by atoms with Gasteiger partial charge in [0.1, 0.15) is 12.1 Å². The van der Waals surface area contributed by atoms with Gasteiger partial charge < -0.3 is 19.5 Å². The molecule has 2 fully saturated rings. The van der Waals surface area contributed by atoms with Crippen molar-refractivity contribution in [2.24, 2.45) is 5.92 Å². The van der Waals surface area contributed by atoms with Crippen molar-refractivity contribution >= 4 is 17.6 Å². The van der Waals surface area contributed by atoms with Crippen molar-refractivity contribution in [2.45, 2.75) is 45.1 Å². The molecule has 0 atom stereocenters. The molecule has 0 bridgehead atoms. The topological polar surface area (TPSA) is 78.7 Å². The van der Waals surface area contributed by atoms with Crippen LogP contribution in [0.2, 0.25) is 0 Å². The Labute approximate surface area is 177 Å². The van der Waals surface area contributed by atoms with Crippen LogP contribution in [0.25, 0.3) is 0 Å². The molecule has 4 rings (SSSR count). The molecular weight excluding hydrogens is 380 g/mol. The Morgan fingerprint density at radius 2 is 1.80 bits per heavy atom. The fraction of sp³-hybridized carbons (Fsp3) is 0.522. The van der Waals surface area contributed by atoms with E-state index < -0.39 is 0 Å². The lowest BCUT2D eigenvalue weighted by Gasteiger charge is -2.31. The summed E-state index contributed by atoms with van der Waals surface area (Å²) >= 11 is 0. The van der Waals surface area contributed by atoms with Gasteiger partial charge in [0.2, 0.25) is 5.91 Å². The Morgan fingerprint density at radius 1 is 1.03 bits per heavy atom. The Kier molecular flexibility index (Phi) is 6.67. The van der Waals surface area contributed by atoms with E-state index in [2.05, 4.69) is 27.3 Å². The van der Waals surface area contributed by atoms with Gasteiger partial charge in [0.05, 0.1) is 11.8 Å². The van der Waals surface area contributed by atoms with E-state index in [1.54, 1.807) is 11.0 Å². The molecule has 7 nitrogen and oxygen atoms in total. The summed E-state index contributed by atoms with van der Waals surface area (Å²) in [6.45, 7) is 3.82. The third-order valence-electron chi connectivity index (χ3n) is 6.13. The molecule has 0 saturated carbocycles. The number of hydrogen-bond acceptors (Lipinski definition) is 5. The lowest BCUT2D eigenvalue weighted by molar-refractivity contribution is -0.126. The highest BCUT2D eigenvalue weighted by molar-refractivity contribution is 5.94. The second kappa shape index (κ2) is 9.78. The minimum absolute atomic E-state index is 0.0295. The van der Waals surface area contributed by atoms with Crippen LogP contribution in [0.15, 0.2) is 41.3 Å². The van der Waals surface area contributed by atoms with E-state index in [4.69, 9.17) is 4.42 Å². The monoisotopic (exact) mass is 410 g/mol. The number of nitrogens with one attached hydrogen (secondary N) is 1. The quantitative estimate of drug-likeness (QED) is 0.819. The summed E-state index contributed by atoms with van der Waals surface area (Å²) in [5.74, 6) is 1.00. The van der Waals surface area contributed by atoms with Crippen molar-refractivity contribution in [3.8, 4) is 0 Å². The van der Waals surface area contributed by atoms with Crippen LogP contribution >= 0.6 is 0 Å². The number of anilines is 1. The van der Waals surface area contributed by atoms with Crippen molar-refractivity contribution in [3.05, 3.63) is 48.0 Å². The predicted octanol–water partition coefficient (Wildman–Crippen LogP) is 3.22. The average molecular weight is 411 g/mol. The van der Waals surface area contributed by atoms with Crippen LogP contribution in [0.3, 0.4) is 0 Å². The third kappa shape index (κ3) is 5.01. The maximum absolute atomic E-state index is 12.6. The van der Waals surface area contributed by atoms with E-state index in [9.17, 15) is 9.59 Å². The number of nitrogens with zero attached hydrogens (tertiary/aromatic N) is 3. The number of pyridine rings is 1. The van der Waals surface area contributed by atoms with Crippen LogP contribution in [0.1, 0.15) is 54.4 Å². The fourth-order valence-corrected chi connectivity index (χ4v) is 4.26. The molecule has 0 radical (unpaired) electrons. The van der Waals surface area contributed by atoms with E-state index in [1.807, 2.05) is 6.20 Å². The minimum atomic E-state index is -0.0530. The zero-order valence-electron chi connectivity index (χ0n) is 17.4. The van der Waals surface area contributed by atoms with Gasteiger partial charge in [-0.25, -0.2) is 4.98 Å². The second-order valence-corrected chi connectivity index (χ2v) is 8.22. The van der Waals surface area contributed by atoms with Gasteiger partial charge in [-0.3, -0.25) is 9.59 Å². The van der Waals surface area contributed by atoms with Crippen LogP contribution in [0, 0.1) is 5.92 Å². The maximum atomic E-state index is 12.6. The standard InChI is InChI=1S/C23H30N4O3/c28-22(19-7-12-27(13-8-19)23(29)20-9-14-30-17-20)25-16-18-5-6-21(24-15-18)26-10-3-1-2-4-11-26/h5-6,9,14-15,17,19H,1-4,7-8,10-13,16H2,(H,25,28). The number of aromatic nitrogens is 1. The van der Waals surface area contributed by atoms with Crippen molar-refractivity contribution < 1.29 is 14.0 Å². The van der Waals surface area contributed by atoms with Gasteiger partial charge >= 0.3 is 0 Å². The molecule has 2 aromatic rings. The third-order valence-corrected chi connectivity index (χ3v) is 6.13. The highest BCUT2D eigenvalue weighted by Gasteiger charge is 2.28. The molecule has 2 aliphatic heterocycles. The lowest BCUT2D eigenvalue weighted by atomic mass is 9.95. The van der Waals surface area contributed by atoms with Crippen molar-refractivity contribution in [1.29, 1.82) is 0 Å². The summed E-state index contributed by atoms with van der Waals surface area (Å²) < 4.78 is 4.99. The Balaban J connectivity index is 1.22. The molecule has 2 aliphatic rings. The molecule has 0 aromatic carbocycles. The molecule has 0 aliphatic carbocycles. The van der Waals surface area contributed by atoms with Gasteiger partial charge in [0, 0.05) is 44.8 Å². The Bertz CT molecular complexity index is 819. The molecule has 2 saturated heterocycles. The van der Waals surface area contributed by atoms with Crippen LogP contribution in [-0.2, 0) is 11.3 Å². The Hall–Kier alpha value is -2.83. The molecule has 2 amide bonds. The largest absolute Gasteiger partial charge is 0.472 e. The smallest absolute Gasteiger partial charge is 0.257 e. The second-order valence-electron chi connectivity index (χ2n) is 8.22. The number of piperidine rings is 1. The van der Waals surface area contributed by atoms with Gasteiger partial charge in [0.25, 0.3) is 5.91 Å². The summed E-state index contributed by atoms with van der Waals surface area (Å²) in [6.07, 6.45) is 11.3. The van der Waals surface area contributed by atoms with E-state index in [1.165, 1.54) is 38.2 Å². The normalized spacial score (nSPS) is 18.1. The number of rotatable bonds is 5. The number of likely N-dealkylation sites (tertiary alicyclic amines) is 1. The van der Waals surface area contributed by atoms with Gasteiger partial charge in [-0.1, -0.05) is 18.9 Å². The zero-order valence-corrected chi connectivity index (χ0v) is 17.4. The van der Waals surface area contributed by atoms with Gasteiger partial charge in [-0.15, -0.1) is 0 Å². The first-order chi connectivity index (χ1) is 14.7. The SMILES string of the molecule is O=C(NCc1ccc(N2CCCCCC2)nc1)C1CCN(C(=O)c2ccoc2)CC1. The first-order valence-corrected chi connectivity index (χ1v) is 11.0.